The number of amides is 1. The summed E-state index contributed by atoms with van der Waals surface area (Å²) in [7, 11) is 2.11. The van der Waals surface area contributed by atoms with Gasteiger partial charge in [-0.1, -0.05) is 41.6 Å². The van der Waals surface area contributed by atoms with E-state index in [9.17, 15) is 9.59 Å². The van der Waals surface area contributed by atoms with E-state index >= 15 is 0 Å². The molecule has 0 aromatic heterocycles. The minimum Gasteiger partial charge on any atom is -0.459 e. The molecule has 4 rings (SSSR count). The smallest absolute Gasteiger partial charge is 0.338 e. The van der Waals surface area contributed by atoms with Crippen molar-refractivity contribution in [2.75, 3.05) is 20.1 Å². The zero-order valence-electron chi connectivity index (χ0n) is 20.6. The summed E-state index contributed by atoms with van der Waals surface area (Å²) >= 11 is 1.50. The van der Waals surface area contributed by atoms with E-state index in [1.165, 1.54) is 11.8 Å². The number of carbonyl (C=O) groups is 2. The van der Waals surface area contributed by atoms with Crippen LogP contribution in [0.15, 0.2) is 51.6 Å². The van der Waals surface area contributed by atoms with Gasteiger partial charge < -0.3 is 19.9 Å². The summed E-state index contributed by atoms with van der Waals surface area (Å²) in [6.45, 7) is 9.57. The van der Waals surface area contributed by atoms with Gasteiger partial charge in [0.15, 0.2) is 5.17 Å². The monoisotopic (exact) mass is 482 g/mol. The lowest BCUT2D eigenvalue weighted by molar-refractivity contribution is -0.143. The molecule has 3 heterocycles. The van der Waals surface area contributed by atoms with Crippen LogP contribution in [0.2, 0.25) is 0 Å². The number of likely N-dealkylation sites (tertiary alicyclic amines) is 1. The Labute approximate surface area is 206 Å². The summed E-state index contributed by atoms with van der Waals surface area (Å²) < 4.78 is 5.61. The van der Waals surface area contributed by atoms with Crippen molar-refractivity contribution >= 4 is 28.8 Å². The summed E-state index contributed by atoms with van der Waals surface area (Å²) in [4.78, 5) is 35.3. The minimum absolute atomic E-state index is 0.00299. The highest BCUT2D eigenvalue weighted by molar-refractivity contribution is 8.16. The number of amidine groups is 1. The Hall–Kier alpha value is -2.58. The second-order valence-corrected chi connectivity index (χ2v) is 10.4. The number of carbonyl (C=O) groups excluding carboxylic acids is 2. The summed E-state index contributed by atoms with van der Waals surface area (Å²) in [5.74, 6) is -0.364. The van der Waals surface area contributed by atoms with Gasteiger partial charge in [-0.2, -0.15) is 0 Å². The molecule has 1 fully saturated rings. The fourth-order valence-corrected chi connectivity index (χ4v) is 5.62. The fraction of sp³-hybridized carbons (Fsp3) is 0.500. The van der Waals surface area contributed by atoms with Crippen LogP contribution in [-0.2, 0) is 14.3 Å². The normalized spacial score (nSPS) is 21.4. The molecule has 1 N–H and O–H groups in total. The second kappa shape index (κ2) is 10.4. The number of thioether (sulfide) groups is 1. The summed E-state index contributed by atoms with van der Waals surface area (Å²) in [5.41, 5.74) is 4.11. The van der Waals surface area contributed by atoms with E-state index < -0.39 is 6.04 Å². The fourth-order valence-electron chi connectivity index (χ4n) is 4.66. The SMILES string of the molecule is CC1=C(C(=O)OC(C)C)[C@H](c2cccc(C)c2)N2C(CC(=O)NC3CCN(C)CC3)=CSC2=N1. The minimum atomic E-state index is -0.393. The highest BCUT2D eigenvalue weighted by Gasteiger charge is 2.41. The highest BCUT2D eigenvalue weighted by atomic mass is 32.2. The first-order chi connectivity index (χ1) is 16.2. The lowest BCUT2D eigenvalue weighted by Gasteiger charge is -2.37. The Kier molecular flexibility index (Phi) is 7.48. The van der Waals surface area contributed by atoms with Crippen LogP contribution in [0.5, 0.6) is 0 Å². The molecule has 7 nitrogen and oxygen atoms in total. The zero-order chi connectivity index (χ0) is 24.4. The Balaban J connectivity index is 1.61. The van der Waals surface area contributed by atoms with Crippen molar-refractivity contribution in [3.8, 4) is 0 Å². The molecule has 0 aliphatic carbocycles. The maximum atomic E-state index is 13.2. The van der Waals surface area contributed by atoms with E-state index in [0.29, 0.717) is 11.3 Å². The first kappa shape index (κ1) is 24.5. The molecule has 8 heteroatoms. The number of piperidine rings is 1. The molecule has 3 aliphatic heterocycles. The number of rotatable bonds is 6. The summed E-state index contributed by atoms with van der Waals surface area (Å²) in [6, 6.07) is 7.96. The number of esters is 1. The molecule has 3 aliphatic rings. The average molecular weight is 483 g/mol. The molecule has 1 aromatic carbocycles. The number of aryl methyl sites for hydroxylation is 1. The number of hydrogen-bond donors (Lipinski definition) is 1. The van der Waals surface area contributed by atoms with Crippen LogP contribution in [0.25, 0.3) is 0 Å². The van der Waals surface area contributed by atoms with E-state index in [-0.39, 0.29) is 30.4 Å². The number of nitrogens with one attached hydrogen (secondary N) is 1. The lowest BCUT2D eigenvalue weighted by Crippen LogP contribution is -2.44. The Morgan fingerprint density at radius 2 is 1.97 bits per heavy atom. The predicted molar refractivity (Wildman–Crippen MR) is 136 cm³/mol. The molecule has 1 atom stereocenters. The molecular formula is C26H34N4O3S. The lowest BCUT2D eigenvalue weighted by atomic mass is 9.93. The van der Waals surface area contributed by atoms with Crippen LogP contribution < -0.4 is 5.32 Å². The van der Waals surface area contributed by atoms with Gasteiger partial charge in [-0.15, -0.1) is 0 Å². The van der Waals surface area contributed by atoms with Gasteiger partial charge in [0.1, 0.15) is 0 Å². The number of nitrogens with zero attached hydrogens (tertiary/aromatic N) is 3. The standard InChI is InChI=1S/C26H34N4O3S/c1-16(2)33-25(32)23-18(4)27-26-30(24(23)19-8-6-7-17(3)13-19)21(15-34-26)14-22(31)28-20-9-11-29(5)12-10-20/h6-8,13,15-16,20,24H,9-12,14H2,1-5H3,(H,28,31)/t24-/m0/s1. The van der Waals surface area contributed by atoms with Gasteiger partial charge in [-0.25, -0.2) is 9.79 Å². The molecule has 0 spiro atoms. The molecule has 1 saturated heterocycles. The van der Waals surface area contributed by atoms with Crippen LogP contribution in [0.4, 0.5) is 0 Å². The van der Waals surface area contributed by atoms with Crippen molar-refractivity contribution in [2.24, 2.45) is 4.99 Å². The molecule has 1 aromatic rings. The van der Waals surface area contributed by atoms with Crippen LogP contribution in [0.1, 0.15) is 57.2 Å². The van der Waals surface area contributed by atoms with Gasteiger partial charge in [0.05, 0.1) is 29.8 Å². The molecular weight excluding hydrogens is 448 g/mol. The third-order valence-corrected chi connectivity index (χ3v) is 7.24. The van der Waals surface area contributed by atoms with Crippen molar-refractivity contribution in [1.29, 1.82) is 0 Å². The average Bonchev–Trinajstić information content (AvgIpc) is 3.15. The van der Waals surface area contributed by atoms with Gasteiger partial charge >= 0.3 is 5.97 Å². The van der Waals surface area contributed by atoms with Crippen molar-refractivity contribution in [3.63, 3.8) is 0 Å². The first-order valence-electron chi connectivity index (χ1n) is 11.9. The largest absolute Gasteiger partial charge is 0.459 e. The zero-order valence-corrected chi connectivity index (χ0v) is 21.4. The van der Waals surface area contributed by atoms with Gasteiger partial charge in [-0.05, 0) is 71.6 Å². The van der Waals surface area contributed by atoms with Gasteiger partial charge in [0, 0.05) is 11.7 Å². The Morgan fingerprint density at radius 1 is 1.24 bits per heavy atom. The number of hydrogen-bond acceptors (Lipinski definition) is 7. The predicted octanol–water partition coefficient (Wildman–Crippen LogP) is 4.12. The van der Waals surface area contributed by atoms with Crippen LogP contribution in [0.3, 0.4) is 0 Å². The van der Waals surface area contributed by atoms with E-state index in [1.807, 2.05) is 56.2 Å². The molecule has 0 saturated carbocycles. The molecule has 182 valence electrons. The van der Waals surface area contributed by atoms with Crippen molar-refractivity contribution in [1.82, 2.24) is 15.1 Å². The topological polar surface area (TPSA) is 74.2 Å². The van der Waals surface area contributed by atoms with Crippen LogP contribution in [-0.4, -0.2) is 59.1 Å². The van der Waals surface area contributed by atoms with Crippen LogP contribution in [0, 0.1) is 6.92 Å². The van der Waals surface area contributed by atoms with E-state index in [0.717, 1.165) is 47.9 Å². The van der Waals surface area contributed by atoms with Gasteiger partial charge in [0.25, 0.3) is 0 Å². The molecule has 0 radical (unpaired) electrons. The Morgan fingerprint density at radius 3 is 2.65 bits per heavy atom. The summed E-state index contributed by atoms with van der Waals surface area (Å²) in [5, 5.41) is 5.98. The number of ether oxygens (including phenoxy) is 1. The highest BCUT2D eigenvalue weighted by Crippen LogP contribution is 2.45. The van der Waals surface area contributed by atoms with Gasteiger partial charge in [-0.3, -0.25) is 4.79 Å². The van der Waals surface area contributed by atoms with Crippen molar-refractivity contribution in [2.45, 2.75) is 65.1 Å². The number of fused-ring (bicyclic) bond motifs is 1. The maximum absolute atomic E-state index is 13.2. The molecule has 0 unspecified atom stereocenters. The van der Waals surface area contributed by atoms with E-state index in [4.69, 9.17) is 9.73 Å². The Bertz CT molecular complexity index is 1050. The number of allylic oxidation sites excluding steroid dienone is 1. The van der Waals surface area contributed by atoms with E-state index in [2.05, 4.69) is 23.3 Å². The quantitative estimate of drug-likeness (QED) is 0.615. The van der Waals surface area contributed by atoms with Crippen LogP contribution >= 0.6 is 11.8 Å². The summed E-state index contributed by atoms with van der Waals surface area (Å²) in [6.07, 6.45) is 1.93. The van der Waals surface area contributed by atoms with Gasteiger partial charge in [0.2, 0.25) is 5.91 Å². The third-order valence-electron chi connectivity index (χ3n) is 6.35. The first-order valence-corrected chi connectivity index (χ1v) is 12.8. The van der Waals surface area contributed by atoms with Crippen molar-refractivity contribution in [3.05, 3.63) is 57.8 Å². The van der Waals surface area contributed by atoms with Crippen molar-refractivity contribution < 1.29 is 14.3 Å². The second-order valence-electron chi connectivity index (χ2n) is 9.58. The third kappa shape index (κ3) is 5.39. The number of benzene rings is 1. The molecule has 0 bridgehead atoms. The number of aliphatic imine (C=N–C) groups is 1. The maximum Gasteiger partial charge on any atom is 0.338 e. The molecule has 34 heavy (non-hydrogen) atoms. The molecule has 1 amide bonds. The van der Waals surface area contributed by atoms with E-state index in [1.54, 1.807) is 0 Å².